The van der Waals surface area contributed by atoms with Crippen LogP contribution in [-0.4, -0.2) is 50.5 Å². The minimum atomic E-state index is 0.487. The number of thiophene rings is 1. The topological polar surface area (TPSA) is 47.5 Å². The summed E-state index contributed by atoms with van der Waals surface area (Å²) in [6.45, 7) is 2.61. The van der Waals surface area contributed by atoms with Crippen molar-refractivity contribution in [2.75, 3.05) is 45.4 Å². The molecule has 0 saturated heterocycles. The van der Waals surface area contributed by atoms with E-state index < -0.39 is 0 Å². The number of hydrogen-bond acceptors (Lipinski definition) is 6. The number of hydrogen-bond donors (Lipinski definition) is 0. The largest absolute Gasteiger partial charge is 0.383 e. The average Bonchev–Trinajstić information content (AvgIpc) is 2.88. The Balaban J connectivity index is 2.25. The molecular formula is C12H16ClN3O2S. The minimum absolute atomic E-state index is 0.487. The molecular weight excluding hydrogens is 286 g/mol. The molecule has 2 heterocycles. The van der Waals surface area contributed by atoms with Gasteiger partial charge in [0.25, 0.3) is 0 Å². The molecule has 5 nitrogen and oxygen atoms in total. The fourth-order valence-corrected chi connectivity index (χ4v) is 2.71. The van der Waals surface area contributed by atoms with Crippen LogP contribution in [0.15, 0.2) is 11.4 Å². The van der Waals surface area contributed by atoms with Gasteiger partial charge >= 0.3 is 0 Å². The average molecular weight is 302 g/mol. The number of aromatic nitrogens is 2. The van der Waals surface area contributed by atoms with Crippen molar-refractivity contribution in [3.8, 4) is 0 Å². The normalized spacial score (nSPS) is 11.1. The Morgan fingerprint density at radius 3 is 2.53 bits per heavy atom. The van der Waals surface area contributed by atoms with Crippen LogP contribution < -0.4 is 4.90 Å². The van der Waals surface area contributed by atoms with Gasteiger partial charge in [-0.05, 0) is 11.4 Å². The predicted molar refractivity (Wildman–Crippen MR) is 78.4 cm³/mol. The lowest BCUT2D eigenvalue weighted by atomic mass is 10.4. The zero-order valence-electron chi connectivity index (χ0n) is 10.9. The van der Waals surface area contributed by atoms with Crippen LogP contribution in [0.5, 0.6) is 0 Å². The summed E-state index contributed by atoms with van der Waals surface area (Å²) in [5, 5.41) is 3.35. The maximum absolute atomic E-state index is 6.18. The standard InChI is InChI=1S/C12H16ClN3O2S/c1-17-6-4-16(5-7-18-2)12-14-10(13)9-3-8-19-11(9)15-12/h3,8H,4-7H2,1-2H3. The fourth-order valence-electron chi connectivity index (χ4n) is 1.66. The smallest absolute Gasteiger partial charge is 0.228 e. The van der Waals surface area contributed by atoms with Gasteiger partial charge in [-0.2, -0.15) is 0 Å². The molecule has 0 saturated carbocycles. The van der Waals surface area contributed by atoms with Crippen molar-refractivity contribution in [1.29, 1.82) is 0 Å². The zero-order valence-corrected chi connectivity index (χ0v) is 12.5. The maximum atomic E-state index is 6.18. The summed E-state index contributed by atoms with van der Waals surface area (Å²) < 4.78 is 10.2. The van der Waals surface area contributed by atoms with Crippen molar-refractivity contribution in [2.24, 2.45) is 0 Å². The van der Waals surface area contributed by atoms with E-state index in [1.807, 2.05) is 16.3 Å². The van der Waals surface area contributed by atoms with Crippen LogP contribution in [-0.2, 0) is 9.47 Å². The Hall–Kier alpha value is -0.950. The lowest BCUT2D eigenvalue weighted by molar-refractivity contribution is 0.189. The number of fused-ring (bicyclic) bond motifs is 1. The molecule has 0 atom stereocenters. The SMILES string of the molecule is COCCN(CCOC)c1nc(Cl)c2ccsc2n1. The molecule has 19 heavy (non-hydrogen) atoms. The highest BCUT2D eigenvalue weighted by molar-refractivity contribution is 7.16. The second-order valence-electron chi connectivity index (χ2n) is 3.93. The van der Waals surface area contributed by atoms with E-state index in [2.05, 4.69) is 9.97 Å². The Bertz CT molecular complexity index is 527. The van der Waals surface area contributed by atoms with E-state index in [1.54, 1.807) is 25.6 Å². The molecule has 0 aliphatic heterocycles. The van der Waals surface area contributed by atoms with E-state index in [1.165, 1.54) is 0 Å². The van der Waals surface area contributed by atoms with Gasteiger partial charge in [0.2, 0.25) is 5.95 Å². The van der Waals surface area contributed by atoms with E-state index in [0.29, 0.717) is 37.4 Å². The van der Waals surface area contributed by atoms with Gasteiger partial charge in [0.05, 0.1) is 13.2 Å². The van der Waals surface area contributed by atoms with Gasteiger partial charge in [0.1, 0.15) is 9.98 Å². The van der Waals surface area contributed by atoms with Crippen LogP contribution in [0.25, 0.3) is 10.2 Å². The van der Waals surface area contributed by atoms with Crippen LogP contribution in [0.1, 0.15) is 0 Å². The number of ether oxygens (including phenoxy) is 2. The zero-order chi connectivity index (χ0) is 13.7. The Kier molecular flexibility index (Phi) is 5.33. The molecule has 0 aliphatic rings. The van der Waals surface area contributed by atoms with Crippen molar-refractivity contribution in [3.63, 3.8) is 0 Å². The molecule has 0 unspecified atom stereocenters. The van der Waals surface area contributed by atoms with Crippen molar-refractivity contribution >= 4 is 39.1 Å². The summed E-state index contributed by atoms with van der Waals surface area (Å²) in [6, 6.07) is 1.93. The molecule has 0 spiro atoms. The Morgan fingerprint density at radius 2 is 1.89 bits per heavy atom. The van der Waals surface area contributed by atoms with Gasteiger partial charge < -0.3 is 14.4 Å². The van der Waals surface area contributed by atoms with Gasteiger partial charge in [-0.25, -0.2) is 9.97 Å². The summed E-state index contributed by atoms with van der Waals surface area (Å²) in [4.78, 5) is 11.8. The first-order valence-corrected chi connectivity index (χ1v) is 7.15. The van der Waals surface area contributed by atoms with Crippen molar-refractivity contribution in [3.05, 3.63) is 16.6 Å². The molecule has 0 amide bonds. The minimum Gasteiger partial charge on any atom is -0.383 e. The summed E-state index contributed by atoms with van der Waals surface area (Å²) in [7, 11) is 3.34. The number of halogens is 1. The number of anilines is 1. The van der Waals surface area contributed by atoms with Gasteiger partial charge in [0, 0.05) is 32.7 Å². The van der Waals surface area contributed by atoms with Crippen LogP contribution in [0.4, 0.5) is 5.95 Å². The van der Waals surface area contributed by atoms with E-state index in [-0.39, 0.29) is 0 Å². The molecule has 0 aromatic carbocycles. The first kappa shape index (κ1) is 14.5. The molecule has 2 aromatic rings. The molecule has 2 aromatic heterocycles. The monoisotopic (exact) mass is 301 g/mol. The predicted octanol–water partition coefficient (Wildman–Crippen LogP) is 2.44. The summed E-state index contributed by atoms with van der Waals surface area (Å²) >= 11 is 7.74. The van der Waals surface area contributed by atoms with Crippen LogP contribution >= 0.6 is 22.9 Å². The molecule has 0 radical (unpaired) electrons. The highest BCUT2D eigenvalue weighted by Gasteiger charge is 2.13. The van der Waals surface area contributed by atoms with Gasteiger partial charge in [-0.3, -0.25) is 0 Å². The van der Waals surface area contributed by atoms with Gasteiger partial charge in [-0.1, -0.05) is 11.6 Å². The summed E-state index contributed by atoms with van der Waals surface area (Å²) in [6.07, 6.45) is 0. The number of nitrogens with zero attached hydrogens (tertiary/aromatic N) is 3. The second kappa shape index (κ2) is 7.00. The van der Waals surface area contributed by atoms with Gasteiger partial charge in [0.15, 0.2) is 0 Å². The molecule has 0 aliphatic carbocycles. The number of methoxy groups -OCH3 is 2. The van der Waals surface area contributed by atoms with Crippen molar-refractivity contribution in [2.45, 2.75) is 0 Å². The highest BCUT2D eigenvalue weighted by Crippen LogP contribution is 2.27. The molecule has 7 heteroatoms. The van der Waals surface area contributed by atoms with Crippen molar-refractivity contribution < 1.29 is 9.47 Å². The maximum Gasteiger partial charge on any atom is 0.228 e. The second-order valence-corrected chi connectivity index (χ2v) is 5.18. The quantitative estimate of drug-likeness (QED) is 0.735. The van der Waals surface area contributed by atoms with E-state index in [9.17, 15) is 0 Å². The summed E-state index contributed by atoms with van der Waals surface area (Å²) in [5.41, 5.74) is 0. The Labute approximate surface area is 121 Å². The lowest BCUT2D eigenvalue weighted by Crippen LogP contribution is -2.32. The van der Waals surface area contributed by atoms with E-state index in [0.717, 1.165) is 10.2 Å². The first-order chi connectivity index (χ1) is 9.26. The van der Waals surface area contributed by atoms with E-state index >= 15 is 0 Å². The van der Waals surface area contributed by atoms with Crippen LogP contribution in [0, 0.1) is 0 Å². The van der Waals surface area contributed by atoms with Gasteiger partial charge in [-0.15, -0.1) is 11.3 Å². The fraction of sp³-hybridized carbons (Fsp3) is 0.500. The molecule has 0 bridgehead atoms. The van der Waals surface area contributed by atoms with Crippen LogP contribution in [0.2, 0.25) is 5.15 Å². The molecule has 2 rings (SSSR count). The highest BCUT2D eigenvalue weighted by atomic mass is 35.5. The first-order valence-electron chi connectivity index (χ1n) is 5.90. The third-order valence-corrected chi connectivity index (χ3v) is 3.77. The third-order valence-electron chi connectivity index (χ3n) is 2.68. The number of rotatable bonds is 7. The lowest BCUT2D eigenvalue weighted by Gasteiger charge is -2.21. The third kappa shape index (κ3) is 3.54. The van der Waals surface area contributed by atoms with E-state index in [4.69, 9.17) is 21.1 Å². The molecule has 0 fully saturated rings. The Morgan fingerprint density at radius 1 is 1.21 bits per heavy atom. The van der Waals surface area contributed by atoms with Crippen molar-refractivity contribution in [1.82, 2.24) is 9.97 Å². The van der Waals surface area contributed by atoms with Crippen LogP contribution in [0.3, 0.4) is 0 Å². The summed E-state index contributed by atoms with van der Waals surface area (Å²) in [5.74, 6) is 0.619. The molecule has 0 N–H and O–H groups in total. The molecule has 104 valence electrons.